The van der Waals surface area contributed by atoms with Crippen LogP contribution in [0.15, 0.2) is 0 Å². The highest BCUT2D eigenvalue weighted by Crippen LogP contribution is 2.31. The van der Waals surface area contributed by atoms with E-state index in [1.165, 1.54) is 13.8 Å². The van der Waals surface area contributed by atoms with E-state index in [1.807, 2.05) is 0 Å². The molecule has 0 saturated heterocycles. The molecule has 0 aromatic carbocycles. The fourth-order valence-corrected chi connectivity index (χ4v) is 3.55. The molecule has 0 aliphatic rings. The van der Waals surface area contributed by atoms with E-state index in [1.54, 1.807) is 27.7 Å². The summed E-state index contributed by atoms with van der Waals surface area (Å²) in [4.78, 5) is 83.4. The zero-order valence-electron chi connectivity index (χ0n) is 22.2. The lowest BCUT2D eigenvalue weighted by atomic mass is 9.97. The molecule has 0 aliphatic carbocycles. The van der Waals surface area contributed by atoms with Crippen LogP contribution in [0.4, 0.5) is 9.59 Å². The molecule has 0 rings (SSSR count). The Kier molecular flexibility index (Phi) is 17.1. The fourth-order valence-electron chi connectivity index (χ4n) is 2.11. The average Bonchev–Trinajstić information content (AvgIpc) is 2.85. The summed E-state index contributed by atoms with van der Waals surface area (Å²) in [6.07, 6.45) is -0.258. The first-order valence-electron chi connectivity index (χ1n) is 11.6. The molecular formula is C23H34O13S2. The molecule has 0 aromatic heterocycles. The third-order valence-electron chi connectivity index (χ3n) is 4.42. The molecule has 0 aliphatic heterocycles. The largest absolute Gasteiger partial charge is 0.428 e. The van der Waals surface area contributed by atoms with Gasteiger partial charge in [0.15, 0.2) is 0 Å². The number of rotatable bonds is 16. The molecule has 0 unspecified atom stereocenters. The highest BCUT2D eigenvalue weighted by molar-refractivity contribution is 8.15. The van der Waals surface area contributed by atoms with Gasteiger partial charge >= 0.3 is 34.5 Å². The number of carbonyl (C=O) groups is 7. The van der Waals surface area contributed by atoms with Gasteiger partial charge < -0.3 is 28.4 Å². The molecule has 0 N–H and O–H groups in total. The van der Waals surface area contributed by atoms with Crippen molar-refractivity contribution in [3.63, 3.8) is 0 Å². The Morgan fingerprint density at radius 1 is 0.684 bits per heavy atom. The number of Topliss-reactive ketones (excluding diaryl/α,β-unsaturated/α-hetero) is 1. The minimum Gasteiger partial charge on any atom is -0.428 e. The van der Waals surface area contributed by atoms with Crippen molar-refractivity contribution in [2.75, 3.05) is 26.1 Å². The van der Waals surface area contributed by atoms with E-state index in [2.05, 4.69) is 9.47 Å². The van der Waals surface area contributed by atoms with Crippen LogP contribution in [0.2, 0.25) is 0 Å². The normalized spacial score (nSPS) is 11.7. The maximum Gasteiger partial charge on any atom is 0.371 e. The summed E-state index contributed by atoms with van der Waals surface area (Å²) in [5.41, 5.74) is 0. The van der Waals surface area contributed by atoms with Crippen molar-refractivity contribution >= 4 is 63.8 Å². The summed E-state index contributed by atoms with van der Waals surface area (Å²) >= 11 is 1.06. The van der Waals surface area contributed by atoms with Crippen LogP contribution in [0.25, 0.3) is 0 Å². The molecule has 13 nitrogen and oxygen atoms in total. The number of hydrogen-bond donors (Lipinski definition) is 0. The Bertz CT molecular complexity index is 854. The van der Waals surface area contributed by atoms with Crippen molar-refractivity contribution in [1.29, 1.82) is 0 Å². The standard InChI is InChI=1S/C23H34O13S2/c1-7-17(25)31-11-35-21(29)37-10-15(20(28)34-13-33-19(27)14(3)4)9-16(24)23(5,6)38-22(30)36-12-32-18(26)8-2/h14-15H,7-13H2,1-6H3/t15-/m0/s1. The van der Waals surface area contributed by atoms with Crippen molar-refractivity contribution in [2.45, 2.75) is 65.6 Å². The molecular weight excluding hydrogens is 548 g/mol. The summed E-state index contributed by atoms with van der Waals surface area (Å²) in [6.45, 7) is 7.24. The predicted molar refractivity (Wildman–Crippen MR) is 135 cm³/mol. The van der Waals surface area contributed by atoms with Gasteiger partial charge in [0, 0.05) is 25.0 Å². The van der Waals surface area contributed by atoms with Crippen LogP contribution < -0.4 is 0 Å². The molecule has 38 heavy (non-hydrogen) atoms. The smallest absolute Gasteiger partial charge is 0.371 e. The van der Waals surface area contributed by atoms with Gasteiger partial charge in [0.2, 0.25) is 20.4 Å². The Labute approximate surface area is 229 Å². The first kappa shape index (κ1) is 35.2. The Hall–Kier alpha value is -2.81. The number of ether oxygens (including phenoxy) is 6. The Morgan fingerprint density at radius 2 is 1.16 bits per heavy atom. The molecule has 216 valence electrons. The van der Waals surface area contributed by atoms with Gasteiger partial charge in [-0.25, -0.2) is 9.59 Å². The van der Waals surface area contributed by atoms with Crippen LogP contribution in [0, 0.1) is 11.8 Å². The van der Waals surface area contributed by atoms with Crippen molar-refractivity contribution in [3.05, 3.63) is 0 Å². The van der Waals surface area contributed by atoms with Crippen LogP contribution in [0.3, 0.4) is 0 Å². The van der Waals surface area contributed by atoms with E-state index in [0.717, 1.165) is 0 Å². The summed E-state index contributed by atoms with van der Waals surface area (Å²) in [5.74, 6) is -5.14. The quantitative estimate of drug-likeness (QED) is 0.146. The van der Waals surface area contributed by atoms with Crippen LogP contribution in [-0.2, 0) is 52.4 Å². The second-order valence-corrected chi connectivity index (χ2v) is 10.7. The van der Waals surface area contributed by atoms with Gasteiger partial charge in [-0.15, -0.1) is 0 Å². The summed E-state index contributed by atoms with van der Waals surface area (Å²) in [6, 6.07) is 0. The van der Waals surface area contributed by atoms with Crippen LogP contribution in [-0.4, -0.2) is 71.1 Å². The van der Waals surface area contributed by atoms with Crippen LogP contribution in [0.5, 0.6) is 0 Å². The van der Waals surface area contributed by atoms with E-state index in [-0.39, 0.29) is 18.6 Å². The van der Waals surface area contributed by atoms with Gasteiger partial charge in [-0.3, -0.25) is 24.0 Å². The molecule has 0 spiro atoms. The number of ketones is 1. The molecule has 0 heterocycles. The van der Waals surface area contributed by atoms with Crippen LogP contribution in [0.1, 0.15) is 60.8 Å². The Morgan fingerprint density at radius 3 is 1.66 bits per heavy atom. The van der Waals surface area contributed by atoms with Crippen LogP contribution >= 0.6 is 23.5 Å². The third kappa shape index (κ3) is 15.4. The second kappa shape index (κ2) is 18.4. The second-order valence-electron chi connectivity index (χ2n) is 8.21. The lowest BCUT2D eigenvalue weighted by molar-refractivity contribution is -0.172. The first-order chi connectivity index (χ1) is 17.7. The number of hydrogen-bond acceptors (Lipinski definition) is 15. The maximum absolute atomic E-state index is 12.9. The highest BCUT2D eigenvalue weighted by Gasteiger charge is 2.36. The topological polar surface area (TPSA) is 175 Å². The molecule has 0 fully saturated rings. The predicted octanol–water partition coefficient (Wildman–Crippen LogP) is 3.60. The van der Waals surface area contributed by atoms with E-state index >= 15 is 0 Å². The van der Waals surface area contributed by atoms with Crippen molar-refractivity contribution in [1.82, 2.24) is 0 Å². The summed E-state index contributed by atoms with van der Waals surface area (Å²) in [7, 11) is 0. The highest BCUT2D eigenvalue weighted by atomic mass is 32.2. The summed E-state index contributed by atoms with van der Waals surface area (Å²) in [5, 5.41) is -1.75. The first-order valence-corrected chi connectivity index (χ1v) is 13.4. The molecule has 0 amide bonds. The van der Waals surface area contributed by atoms with Gasteiger partial charge in [0.25, 0.3) is 0 Å². The molecule has 1 atom stereocenters. The third-order valence-corrected chi connectivity index (χ3v) is 6.37. The Balaban J connectivity index is 5.13. The lowest BCUT2D eigenvalue weighted by Gasteiger charge is -2.23. The van der Waals surface area contributed by atoms with Crippen molar-refractivity contribution in [2.24, 2.45) is 11.8 Å². The van der Waals surface area contributed by atoms with E-state index < -0.39 is 83.6 Å². The summed E-state index contributed by atoms with van der Waals surface area (Å²) < 4.78 is 27.2. The molecule has 0 aromatic rings. The molecule has 0 bridgehead atoms. The molecule has 0 radical (unpaired) electrons. The van der Waals surface area contributed by atoms with Gasteiger partial charge in [-0.2, -0.15) is 0 Å². The number of thioether (sulfide) groups is 2. The van der Waals surface area contributed by atoms with Gasteiger partial charge in [-0.05, 0) is 37.4 Å². The maximum atomic E-state index is 12.9. The average molecular weight is 583 g/mol. The minimum atomic E-state index is -1.37. The zero-order valence-corrected chi connectivity index (χ0v) is 23.9. The SMILES string of the molecule is CCC(=O)OCOC(=O)SC[C@H](CC(=O)C(C)(C)SC(=O)OCOC(=O)CC)C(=O)OCOC(=O)C(C)C. The van der Waals surface area contributed by atoms with Crippen molar-refractivity contribution < 1.29 is 62.0 Å². The van der Waals surface area contributed by atoms with E-state index in [4.69, 9.17) is 18.9 Å². The van der Waals surface area contributed by atoms with Gasteiger partial charge in [0.1, 0.15) is 5.78 Å². The van der Waals surface area contributed by atoms with E-state index in [0.29, 0.717) is 23.5 Å². The van der Waals surface area contributed by atoms with Gasteiger partial charge in [-0.1, -0.05) is 27.7 Å². The monoisotopic (exact) mass is 582 g/mol. The molecule has 15 heteroatoms. The number of esters is 4. The molecule has 0 saturated carbocycles. The fraction of sp³-hybridized carbons (Fsp3) is 0.696. The lowest BCUT2D eigenvalue weighted by Crippen LogP contribution is -2.34. The van der Waals surface area contributed by atoms with Gasteiger partial charge in [0.05, 0.1) is 16.6 Å². The zero-order chi connectivity index (χ0) is 29.3. The van der Waals surface area contributed by atoms with E-state index in [9.17, 15) is 33.6 Å². The number of carbonyl (C=O) groups excluding carboxylic acids is 7. The van der Waals surface area contributed by atoms with Crippen molar-refractivity contribution in [3.8, 4) is 0 Å². The minimum absolute atomic E-state index is 0.0906.